The maximum absolute atomic E-state index is 12.7. The van der Waals surface area contributed by atoms with Gasteiger partial charge in [-0.15, -0.1) is 0 Å². The molecule has 2 rings (SSSR count). The van der Waals surface area contributed by atoms with Gasteiger partial charge in [0, 0.05) is 10.6 Å². The number of halogens is 5. The monoisotopic (exact) mass is 324 g/mol. The highest BCUT2D eigenvalue weighted by Gasteiger charge is 2.32. The molecular formula is C11H5Cl2F3N2S. The summed E-state index contributed by atoms with van der Waals surface area (Å²) in [6, 6.07) is 5.28. The molecule has 0 aliphatic heterocycles. The van der Waals surface area contributed by atoms with Gasteiger partial charge in [0.2, 0.25) is 0 Å². The maximum Gasteiger partial charge on any atom is 0.431 e. The highest BCUT2D eigenvalue weighted by atomic mass is 35.5. The van der Waals surface area contributed by atoms with E-state index in [9.17, 15) is 13.2 Å². The third kappa shape index (κ3) is 3.26. The molecular weight excluding hydrogens is 320 g/mol. The topological polar surface area (TPSA) is 28.7 Å². The molecule has 1 N–H and O–H groups in total. The van der Waals surface area contributed by atoms with Crippen molar-refractivity contribution in [2.75, 3.05) is 0 Å². The largest absolute Gasteiger partial charge is 0.431 e. The molecule has 0 bridgehead atoms. The summed E-state index contributed by atoms with van der Waals surface area (Å²) in [6.07, 6.45) is -4.54. The SMILES string of the molecule is FC(F)(F)c1cc(-c2ccc(Cl)cc2Cl)nc(=S)[nH]1. The van der Waals surface area contributed by atoms with Gasteiger partial charge in [0.15, 0.2) is 4.77 Å². The molecule has 0 radical (unpaired) electrons. The Kier molecular flexibility index (Phi) is 3.85. The average Bonchev–Trinajstić information content (AvgIpc) is 2.26. The third-order valence-electron chi connectivity index (χ3n) is 2.26. The van der Waals surface area contributed by atoms with E-state index < -0.39 is 11.9 Å². The summed E-state index contributed by atoms with van der Waals surface area (Å²) in [5.74, 6) is 0. The summed E-state index contributed by atoms with van der Waals surface area (Å²) < 4.78 is 37.7. The van der Waals surface area contributed by atoms with E-state index in [1.165, 1.54) is 18.2 Å². The molecule has 0 unspecified atom stereocenters. The first-order valence-electron chi connectivity index (χ1n) is 4.91. The van der Waals surface area contributed by atoms with Crippen molar-refractivity contribution in [2.24, 2.45) is 0 Å². The van der Waals surface area contributed by atoms with Gasteiger partial charge in [-0.05, 0) is 36.5 Å². The zero-order chi connectivity index (χ0) is 14.2. The number of benzene rings is 1. The Morgan fingerprint density at radius 3 is 2.42 bits per heavy atom. The number of hydrogen-bond donors (Lipinski definition) is 1. The van der Waals surface area contributed by atoms with E-state index in [0.717, 1.165) is 6.07 Å². The molecule has 0 fully saturated rings. The Hall–Kier alpha value is -1.11. The molecule has 1 aromatic heterocycles. The summed E-state index contributed by atoms with van der Waals surface area (Å²) in [5, 5.41) is 0.583. The Bertz CT molecular complexity index is 682. The van der Waals surface area contributed by atoms with Gasteiger partial charge in [0.05, 0.1) is 10.7 Å². The van der Waals surface area contributed by atoms with Gasteiger partial charge in [-0.2, -0.15) is 13.2 Å². The van der Waals surface area contributed by atoms with Crippen LogP contribution in [0.15, 0.2) is 24.3 Å². The fourth-order valence-corrected chi connectivity index (χ4v) is 2.16. The van der Waals surface area contributed by atoms with Crippen molar-refractivity contribution in [1.29, 1.82) is 0 Å². The van der Waals surface area contributed by atoms with E-state index in [2.05, 4.69) is 17.2 Å². The lowest BCUT2D eigenvalue weighted by Crippen LogP contribution is -2.09. The van der Waals surface area contributed by atoms with Gasteiger partial charge in [0.1, 0.15) is 5.69 Å². The number of aromatic nitrogens is 2. The van der Waals surface area contributed by atoms with Crippen LogP contribution in [0.2, 0.25) is 10.0 Å². The predicted molar refractivity (Wildman–Crippen MR) is 69.9 cm³/mol. The molecule has 0 atom stereocenters. The van der Waals surface area contributed by atoms with Crippen LogP contribution >= 0.6 is 35.4 Å². The molecule has 0 amide bonds. The standard InChI is InChI=1S/C11H5Cl2F3N2S/c12-5-1-2-6(7(13)3-5)8-4-9(11(14,15)16)18-10(19)17-8/h1-4H,(H,17,18,19). The van der Waals surface area contributed by atoms with Crippen LogP contribution in [0.3, 0.4) is 0 Å². The predicted octanol–water partition coefficient (Wildman–Crippen LogP) is 5.13. The molecule has 1 aromatic carbocycles. The normalized spacial score (nSPS) is 11.6. The summed E-state index contributed by atoms with van der Waals surface area (Å²) in [5.41, 5.74) is -0.608. The first kappa shape index (κ1) is 14.3. The Balaban J connectivity index is 2.63. The van der Waals surface area contributed by atoms with Crippen molar-refractivity contribution >= 4 is 35.4 Å². The highest BCUT2D eigenvalue weighted by molar-refractivity contribution is 7.71. The van der Waals surface area contributed by atoms with Crippen molar-refractivity contribution in [3.05, 3.63) is 44.8 Å². The average molecular weight is 325 g/mol. The number of nitrogens with zero attached hydrogens (tertiary/aromatic N) is 1. The number of H-pyrrole nitrogens is 1. The second-order valence-corrected chi connectivity index (χ2v) is 4.84. The van der Waals surface area contributed by atoms with Gasteiger partial charge in [-0.1, -0.05) is 23.2 Å². The number of hydrogen-bond acceptors (Lipinski definition) is 2. The van der Waals surface area contributed by atoms with Crippen molar-refractivity contribution in [3.63, 3.8) is 0 Å². The van der Waals surface area contributed by atoms with Gasteiger partial charge in [0.25, 0.3) is 0 Å². The maximum atomic E-state index is 12.7. The van der Waals surface area contributed by atoms with Crippen molar-refractivity contribution in [2.45, 2.75) is 6.18 Å². The van der Waals surface area contributed by atoms with E-state index >= 15 is 0 Å². The van der Waals surface area contributed by atoms with E-state index in [4.69, 9.17) is 23.2 Å². The molecule has 19 heavy (non-hydrogen) atoms. The fraction of sp³-hybridized carbons (Fsp3) is 0.0909. The number of alkyl halides is 3. The number of aromatic amines is 1. The first-order valence-corrected chi connectivity index (χ1v) is 6.08. The van der Waals surface area contributed by atoms with E-state index in [1.807, 2.05) is 4.98 Å². The quantitative estimate of drug-likeness (QED) is 0.736. The van der Waals surface area contributed by atoms with Crippen molar-refractivity contribution in [1.82, 2.24) is 9.97 Å². The number of rotatable bonds is 1. The summed E-state index contributed by atoms with van der Waals surface area (Å²) in [7, 11) is 0. The van der Waals surface area contributed by atoms with E-state index in [-0.39, 0.29) is 15.5 Å². The molecule has 1 heterocycles. The Morgan fingerprint density at radius 2 is 1.84 bits per heavy atom. The van der Waals surface area contributed by atoms with Gasteiger partial charge in [-0.3, -0.25) is 0 Å². The van der Waals surface area contributed by atoms with Crippen LogP contribution in [0, 0.1) is 4.77 Å². The van der Waals surface area contributed by atoms with Crippen LogP contribution in [-0.4, -0.2) is 9.97 Å². The summed E-state index contributed by atoms with van der Waals surface area (Å²) in [4.78, 5) is 5.84. The summed E-state index contributed by atoms with van der Waals surface area (Å²) >= 11 is 16.4. The zero-order valence-electron chi connectivity index (χ0n) is 9.05. The van der Waals surface area contributed by atoms with Gasteiger partial charge in [-0.25, -0.2) is 4.98 Å². The van der Waals surface area contributed by atoms with Crippen LogP contribution in [0.1, 0.15) is 5.69 Å². The zero-order valence-corrected chi connectivity index (χ0v) is 11.4. The number of nitrogens with one attached hydrogen (secondary N) is 1. The molecule has 0 aliphatic carbocycles. The molecule has 0 saturated heterocycles. The van der Waals surface area contributed by atoms with Crippen LogP contribution in [0.5, 0.6) is 0 Å². The lowest BCUT2D eigenvalue weighted by molar-refractivity contribution is -0.141. The second kappa shape index (κ2) is 5.11. The highest BCUT2D eigenvalue weighted by Crippen LogP contribution is 2.33. The minimum atomic E-state index is -4.54. The first-order chi connectivity index (χ1) is 8.77. The van der Waals surface area contributed by atoms with Crippen LogP contribution < -0.4 is 0 Å². The van der Waals surface area contributed by atoms with E-state index in [0.29, 0.717) is 10.6 Å². The molecule has 8 heteroatoms. The molecule has 100 valence electrons. The smallest absolute Gasteiger partial charge is 0.327 e. The van der Waals surface area contributed by atoms with Crippen LogP contribution in [0.4, 0.5) is 13.2 Å². The van der Waals surface area contributed by atoms with Crippen LogP contribution in [0.25, 0.3) is 11.3 Å². The lowest BCUT2D eigenvalue weighted by atomic mass is 10.1. The van der Waals surface area contributed by atoms with Crippen molar-refractivity contribution in [3.8, 4) is 11.3 Å². The second-order valence-electron chi connectivity index (χ2n) is 3.61. The third-order valence-corrected chi connectivity index (χ3v) is 3.00. The Morgan fingerprint density at radius 1 is 1.16 bits per heavy atom. The fourth-order valence-electron chi connectivity index (χ4n) is 1.45. The van der Waals surface area contributed by atoms with Gasteiger partial charge >= 0.3 is 6.18 Å². The summed E-state index contributed by atoms with van der Waals surface area (Å²) in [6.45, 7) is 0. The molecule has 2 aromatic rings. The molecule has 2 nitrogen and oxygen atoms in total. The lowest BCUT2D eigenvalue weighted by Gasteiger charge is -2.09. The molecule has 0 saturated carbocycles. The van der Waals surface area contributed by atoms with Crippen LogP contribution in [-0.2, 0) is 6.18 Å². The molecule has 0 spiro atoms. The van der Waals surface area contributed by atoms with E-state index in [1.54, 1.807) is 0 Å². The minimum Gasteiger partial charge on any atom is -0.327 e. The minimum absolute atomic E-state index is 0.0396. The Labute approximate surface area is 121 Å². The molecule has 0 aliphatic rings. The van der Waals surface area contributed by atoms with Gasteiger partial charge < -0.3 is 4.98 Å². The van der Waals surface area contributed by atoms with Crippen molar-refractivity contribution < 1.29 is 13.2 Å².